The molecule has 2 unspecified atom stereocenters. The Morgan fingerprint density at radius 2 is 2.20 bits per heavy atom. The van der Waals surface area contributed by atoms with E-state index in [1.165, 1.54) is 12.8 Å². The highest BCUT2D eigenvalue weighted by Crippen LogP contribution is 2.44. The van der Waals surface area contributed by atoms with Gasteiger partial charge in [0.05, 0.1) is 5.02 Å². The molecule has 1 heterocycles. The number of fused-ring (bicyclic) bond motifs is 1. The van der Waals surface area contributed by atoms with Gasteiger partial charge in [0.15, 0.2) is 5.58 Å². The lowest BCUT2D eigenvalue weighted by atomic mass is 9.72. The number of rotatable bonds is 5. The van der Waals surface area contributed by atoms with Crippen LogP contribution in [0.5, 0.6) is 0 Å². The second-order valence-electron chi connectivity index (χ2n) is 6.30. The fourth-order valence-electron chi connectivity index (χ4n) is 2.98. The van der Waals surface area contributed by atoms with Gasteiger partial charge in [0.25, 0.3) is 0 Å². The highest BCUT2D eigenvalue weighted by Gasteiger charge is 2.34. The van der Waals surface area contributed by atoms with Crippen LogP contribution in [0, 0.1) is 11.8 Å². The first kappa shape index (κ1) is 14.0. The third-order valence-corrected chi connectivity index (χ3v) is 4.55. The Balaban J connectivity index is 1.70. The number of halogens is 1. The average molecular weight is 292 g/mol. The molecule has 3 heteroatoms. The van der Waals surface area contributed by atoms with Crippen LogP contribution < -0.4 is 5.32 Å². The lowest BCUT2D eigenvalue weighted by Gasteiger charge is -2.35. The summed E-state index contributed by atoms with van der Waals surface area (Å²) in [6.45, 7) is 6.67. The van der Waals surface area contributed by atoms with E-state index in [1.807, 2.05) is 12.1 Å². The van der Waals surface area contributed by atoms with E-state index in [2.05, 4.69) is 31.3 Å². The van der Waals surface area contributed by atoms with E-state index in [-0.39, 0.29) is 0 Å². The van der Waals surface area contributed by atoms with Crippen LogP contribution in [-0.4, -0.2) is 13.1 Å². The number of furan rings is 1. The minimum absolute atomic E-state index is 0.554. The van der Waals surface area contributed by atoms with Crippen molar-refractivity contribution in [3.05, 3.63) is 35.0 Å². The molecule has 1 aliphatic carbocycles. The predicted molar refractivity (Wildman–Crippen MR) is 84.4 cm³/mol. The first-order valence-electron chi connectivity index (χ1n) is 7.54. The minimum Gasteiger partial charge on any atom is -0.459 e. The van der Waals surface area contributed by atoms with Crippen LogP contribution in [0.25, 0.3) is 11.0 Å². The maximum absolute atomic E-state index is 6.18. The van der Waals surface area contributed by atoms with Gasteiger partial charge in [-0.2, -0.15) is 0 Å². The van der Waals surface area contributed by atoms with E-state index in [0.29, 0.717) is 22.8 Å². The van der Waals surface area contributed by atoms with Crippen LogP contribution in [0.3, 0.4) is 0 Å². The number of para-hydroxylation sites is 1. The summed E-state index contributed by atoms with van der Waals surface area (Å²) in [6, 6.07) is 8.10. The average Bonchev–Trinajstić information content (AvgIpc) is 2.77. The van der Waals surface area contributed by atoms with Crippen molar-refractivity contribution < 1.29 is 4.42 Å². The summed E-state index contributed by atoms with van der Waals surface area (Å²) in [5, 5.41) is 5.39. The second-order valence-corrected chi connectivity index (χ2v) is 6.71. The highest BCUT2D eigenvalue weighted by molar-refractivity contribution is 6.34. The van der Waals surface area contributed by atoms with Gasteiger partial charge in [-0.25, -0.2) is 0 Å². The molecule has 0 radical (unpaired) electrons. The molecule has 1 fully saturated rings. The van der Waals surface area contributed by atoms with Crippen molar-refractivity contribution in [3.63, 3.8) is 0 Å². The summed E-state index contributed by atoms with van der Waals surface area (Å²) in [4.78, 5) is 0. The summed E-state index contributed by atoms with van der Waals surface area (Å²) in [5.41, 5.74) is 0.838. The van der Waals surface area contributed by atoms with Crippen molar-refractivity contribution in [2.75, 3.05) is 13.1 Å². The van der Waals surface area contributed by atoms with Gasteiger partial charge in [-0.05, 0) is 49.9 Å². The van der Waals surface area contributed by atoms with Crippen LogP contribution >= 0.6 is 11.6 Å². The van der Waals surface area contributed by atoms with Crippen LogP contribution in [0.2, 0.25) is 5.02 Å². The molecule has 1 saturated carbocycles. The molecule has 2 nitrogen and oxygen atoms in total. The van der Waals surface area contributed by atoms with Gasteiger partial charge >= 0.3 is 0 Å². The van der Waals surface area contributed by atoms with Crippen LogP contribution in [-0.2, 0) is 0 Å². The van der Waals surface area contributed by atoms with Gasteiger partial charge in [0, 0.05) is 11.3 Å². The molecule has 0 spiro atoms. The smallest absolute Gasteiger partial charge is 0.152 e. The van der Waals surface area contributed by atoms with Crippen molar-refractivity contribution >= 4 is 22.6 Å². The minimum atomic E-state index is 0.554. The van der Waals surface area contributed by atoms with Gasteiger partial charge in [-0.1, -0.05) is 37.6 Å². The molecular formula is C17H22ClNO. The van der Waals surface area contributed by atoms with Gasteiger partial charge in [-0.3, -0.25) is 0 Å². The zero-order chi connectivity index (χ0) is 14.1. The molecule has 2 atom stereocenters. The summed E-state index contributed by atoms with van der Waals surface area (Å²) < 4.78 is 6.00. The maximum Gasteiger partial charge on any atom is 0.152 e. The molecule has 1 aliphatic rings. The van der Waals surface area contributed by atoms with E-state index < -0.39 is 0 Å². The molecule has 1 aromatic heterocycles. The quantitative estimate of drug-likeness (QED) is 0.854. The Labute approximate surface area is 125 Å². The zero-order valence-corrected chi connectivity index (χ0v) is 12.9. The molecular weight excluding hydrogens is 270 g/mol. The lowest BCUT2D eigenvalue weighted by Crippen LogP contribution is -2.35. The molecule has 0 amide bonds. The van der Waals surface area contributed by atoms with E-state index in [9.17, 15) is 0 Å². The standard InChI is InChI=1S/C17H22ClNO/c1-11(2)9-19-10-13-6-7-14(13)16-8-12-4-3-5-15(18)17(12)20-16/h3-5,8,11,13-14,19H,6-7,9-10H2,1-2H3. The fourth-order valence-corrected chi connectivity index (χ4v) is 3.20. The van der Waals surface area contributed by atoms with E-state index >= 15 is 0 Å². The largest absolute Gasteiger partial charge is 0.459 e. The Morgan fingerprint density at radius 3 is 2.85 bits per heavy atom. The number of hydrogen-bond donors (Lipinski definition) is 1. The Kier molecular flexibility index (Phi) is 4.04. The summed E-state index contributed by atoms with van der Waals surface area (Å²) in [7, 11) is 0. The normalized spacial score (nSPS) is 22.4. The Bertz CT molecular complexity index is 590. The summed E-state index contributed by atoms with van der Waals surface area (Å²) in [6.07, 6.45) is 2.52. The Hall–Kier alpha value is -0.990. The van der Waals surface area contributed by atoms with Crippen LogP contribution in [0.1, 0.15) is 38.4 Å². The van der Waals surface area contributed by atoms with E-state index in [0.717, 1.165) is 29.8 Å². The first-order chi connectivity index (χ1) is 9.65. The molecule has 1 aromatic carbocycles. The highest BCUT2D eigenvalue weighted by atomic mass is 35.5. The fraction of sp³-hybridized carbons (Fsp3) is 0.529. The number of nitrogens with one attached hydrogen (secondary N) is 1. The van der Waals surface area contributed by atoms with Crippen LogP contribution in [0.4, 0.5) is 0 Å². The lowest BCUT2D eigenvalue weighted by molar-refractivity contribution is 0.217. The number of benzene rings is 1. The first-order valence-corrected chi connectivity index (χ1v) is 7.91. The molecule has 1 N–H and O–H groups in total. The van der Waals surface area contributed by atoms with Crippen LogP contribution in [0.15, 0.2) is 28.7 Å². The molecule has 20 heavy (non-hydrogen) atoms. The zero-order valence-electron chi connectivity index (χ0n) is 12.2. The van der Waals surface area contributed by atoms with E-state index in [4.69, 9.17) is 16.0 Å². The molecule has 2 aromatic rings. The molecule has 0 aliphatic heterocycles. The van der Waals surface area contributed by atoms with Gasteiger partial charge in [0.1, 0.15) is 5.76 Å². The van der Waals surface area contributed by atoms with E-state index in [1.54, 1.807) is 0 Å². The second kappa shape index (κ2) is 5.79. The summed E-state index contributed by atoms with van der Waals surface area (Å²) >= 11 is 6.18. The van der Waals surface area contributed by atoms with Crippen molar-refractivity contribution in [1.29, 1.82) is 0 Å². The van der Waals surface area contributed by atoms with Gasteiger partial charge < -0.3 is 9.73 Å². The Morgan fingerprint density at radius 1 is 1.35 bits per heavy atom. The molecule has 0 saturated heterocycles. The van der Waals surface area contributed by atoms with Crippen molar-refractivity contribution in [3.8, 4) is 0 Å². The molecule has 3 rings (SSSR count). The third kappa shape index (κ3) is 2.72. The monoisotopic (exact) mass is 291 g/mol. The topological polar surface area (TPSA) is 25.2 Å². The van der Waals surface area contributed by atoms with Gasteiger partial charge in [0.2, 0.25) is 0 Å². The predicted octanol–water partition coefficient (Wildman–Crippen LogP) is 4.83. The van der Waals surface area contributed by atoms with Crippen molar-refractivity contribution in [2.24, 2.45) is 11.8 Å². The maximum atomic E-state index is 6.18. The van der Waals surface area contributed by atoms with Gasteiger partial charge in [-0.15, -0.1) is 0 Å². The molecule has 0 bridgehead atoms. The number of hydrogen-bond acceptors (Lipinski definition) is 2. The third-order valence-electron chi connectivity index (χ3n) is 4.26. The van der Waals surface area contributed by atoms with Crippen molar-refractivity contribution in [2.45, 2.75) is 32.6 Å². The SMILES string of the molecule is CC(C)CNCC1CCC1c1cc2cccc(Cl)c2o1. The molecule has 108 valence electrons. The summed E-state index contributed by atoms with van der Waals surface area (Å²) in [5.74, 6) is 3.07. The van der Waals surface area contributed by atoms with Crippen molar-refractivity contribution in [1.82, 2.24) is 5.32 Å².